The predicted octanol–water partition coefficient (Wildman–Crippen LogP) is 4.58. The maximum absolute atomic E-state index is 13.4. The Morgan fingerprint density at radius 3 is 2.39 bits per heavy atom. The smallest absolute Gasteiger partial charge is 0.341 e. The van der Waals surface area contributed by atoms with Crippen LogP contribution in [0.5, 0.6) is 0 Å². The highest BCUT2D eigenvalue weighted by Gasteiger charge is 2.20. The van der Waals surface area contributed by atoms with E-state index in [4.69, 9.17) is 39.5 Å². The van der Waals surface area contributed by atoms with Crippen LogP contribution in [0.15, 0.2) is 36.4 Å². The molecule has 2 aromatic carbocycles. The van der Waals surface area contributed by atoms with Crippen molar-refractivity contribution in [2.75, 3.05) is 11.9 Å². The monoisotopic (exact) mass is 375 g/mol. The molecule has 4 nitrogen and oxygen atoms in total. The Labute approximate surface area is 146 Å². The van der Waals surface area contributed by atoms with Gasteiger partial charge in [-0.3, -0.25) is 4.79 Å². The Morgan fingerprint density at radius 2 is 1.70 bits per heavy atom. The van der Waals surface area contributed by atoms with Crippen molar-refractivity contribution in [2.45, 2.75) is 0 Å². The molecule has 1 N–H and O–H groups in total. The predicted molar refractivity (Wildman–Crippen MR) is 86.8 cm³/mol. The number of anilines is 1. The zero-order valence-corrected chi connectivity index (χ0v) is 13.7. The van der Waals surface area contributed by atoms with E-state index in [2.05, 4.69) is 5.32 Å². The average Bonchev–Trinajstić information content (AvgIpc) is 2.51. The van der Waals surface area contributed by atoms with Crippen molar-refractivity contribution < 1.29 is 18.7 Å². The molecule has 0 saturated carbocycles. The Balaban J connectivity index is 2.01. The van der Waals surface area contributed by atoms with Crippen LogP contribution >= 0.6 is 34.8 Å². The van der Waals surface area contributed by atoms with Crippen LogP contribution in [0.2, 0.25) is 15.1 Å². The number of amides is 1. The minimum Gasteiger partial charge on any atom is -0.452 e. The zero-order valence-electron chi connectivity index (χ0n) is 11.4. The number of hydrogen-bond acceptors (Lipinski definition) is 3. The van der Waals surface area contributed by atoms with Gasteiger partial charge in [-0.05, 0) is 24.3 Å². The summed E-state index contributed by atoms with van der Waals surface area (Å²) < 4.78 is 18.2. The minimum absolute atomic E-state index is 0.0210. The van der Waals surface area contributed by atoms with Crippen LogP contribution in [0.4, 0.5) is 10.1 Å². The fourth-order valence-corrected chi connectivity index (χ4v) is 2.35. The second-order valence-corrected chi connectivity index (χ2v) is 5.51. The number of hydrogen-bond donors (Lipinski definition) is 1. The standard InChI is InChI=1S/C15H9Cl3FNO3/c16-8-5-6-9(17)14(18)13(8)15(22)23-7-12(21)20-11-4-2-1-3-10(11)19/h1-6H,7H2,(H,20,21). The van der Waals surface area contributed by atoms with Crippen LogP contribution in [-0.2, 0) is 9.53 Å². The van der Waals surface area contributed by atoms with Crippen LogP contribution in [0.3, 0.4) is 0 Å². The van der Waals surface area contributed by atoms with Gasteiger partial charge >= 0.3 is 5.97 Å². The van der Waals surface area contributed by atoms with E-state index in [1.165, 1.54) is 30.3 Å². The maximum Gasteiger partial charge on any atom is 0.341 e. The molecule has 0 atom stereocenters. The summed E-state index contributed by atoms with van der Waals surface area (Å²) in [7, 11) is 0. The Morgan fingerprint density at radius 1 is 1.04 bits per heavy atom. The van der Waals surface area contributed by atoms with Gasteiger partial charge in [-0.1, -0.05) is 46.9 Å². The molecule has 1 amide bonds. The quantitative estimate of drug-likeness (QED) is 0.627. The lowest BCUT2D eigenvalue weighted by Gasteiger charge is -2.09. The van der Waals surface area contributed by atoms with E-state index in [0.717, 1.165) is 0 Å². The number of carbonyl (C=O) groups is 2. The molecule has 0 aliphatic rings. The highest BCUT2D eigenvalue weighted by atomic mass is 35.5. The van der Waals surface area contributed by atoms with E-state index in [1.807, 2.05) is 0 Å². The Kier molecular flexibility index (Phi) is 5.82. The number of halogens is 4. The number of rotatable bonds is 4. The molecule has 23 heavy (non-hydrogen) atoms. The van der Waals surface area contributed by atoms with Gasteiger partial charge in [-0.15, -0.1) is 0 Å². The SMILES string of the molecule is O=C(COC(=O)c1c(Cl)ccc(Cl)c1Cl)Nc1ccccc1F. The van der Waals surface area contributed by atoms with Crippen molar-refractivity contribution >= 4 is 52.4 Å². The second kappa shape index (κ2) is 7.64. The second-order valence-electron chi connectivity index (χ2n) is 4.32. The third kappa shape index (κ3) is 4.34. The van der Waals surface area contributed by atoms with Gasteiger partial charge in [0.25, 0.3) is 5.91 Å². The van der Waals surface area contributed by atoms with Crippen molar-refractivity contribution in [2.24, 2.45) is 0 Å². The summed E-state index contributed by atoms with van der Waals surface area (Å²) in [6, 6.07) is 8.40. The normalized spacial score (nSPS) is 10.3. The molecule has 0 aliphatic carbocycles. The van der Waals surface area contributed by atoms with Gasteiger partial charge in [0, 0.05) is 0 Å². The molecule has 0 spiro atoms. The van der Waals surface area contributed by atoms with Crippen LogP contribution in [0, 0.1) is 5.82 Å². The maximum atomic E-state index is 13.4. The molecule has 0 saturated heterocycles. The molecular weight excluding hydrogens is 368 g/mol. The molecule has 0 aromatic heterocycles. The minimum atomic E-state index is -0.911. The fourth-order valence-electron chi connectivity index (χ4n) is 1.67. The number of benzene rings is 2. The number of ether oxygens (including phenoxy) is 1. The summed E-state index contributed by atoms with van der Waals surface area (Å²) in [5.41, 5.74) is -0.160. The molecular formula is C15H9Cl3FNO3. The molecule has 8 heteroatoms. The van der Waals surface area contributed by atoms with Crippen molar-refractivity contribution in [1.29, 1.82) is 0 Å². The van der Waals surface area contributed by atoms with E-state index in [-0.39, 0.29) is 26.3 Å². The first kappa shape index (κ1) is 17.5. The van der Waals surface area contributed by atoms with Crippen LogP contribution in [0.25, 0.3) is 0 Å². The highest BCUT2D eigenvalue weighted by molar-refractivity contribution is 6.46. The fraction of sp³-hybridized carbons (Fsp3) is 0.0667. The third-order valence-corrected chi connectivity index (χ3v) is 3.85. The summed E-state index contributed by atoms with van der Waals surface area (Å²) in [6.07, 6.45) is 0. The first-order valence-corrected chi connectivity index (χ1v) is 7.38. The van der Waals surface area contributed by atoms with Gasteiger partial charge in [0.05, 0.1) is 26.3 Å². The van der Waals surface area contributed by atoms with Gasteiger partial charge in [0.2, 0.25) is 0 Å². The third-order valence-electron chi connectivity index (χ3n) is 2.73. The Hall–Kier alpha value is -1.82. The number of nitrogens with one attached hydrogen (secondary N) is 1. The number of para-hydroxylation sites is 1. The molecule has 2 rings (SSSR count). The van der Waals surface area contributed by atoms with Gasteiger partial charge in [0.1, 0.15) is 5.82 Å². The lowest BCUT2D eigenvalue weighted by atomic mass is 10.2. The van der Waals surface area contributed by atoms with E-state index < -0.39 is 24.3 Å². The van der Waals surface area contributed by atoms with Gasteiger partial charge in [-0.25, -0.2) is 9.18 Å². The lowest BCUT2D eigenvalue weighted by molar-refractivity contribution is -0.119. The molecule has 0 heterocycles. The summed E-state index contributed by atoms with van der Waals surface area (Å²) in [4.78, 5) is 23.6. The van der Waals surface area contributed by atoms with Crippen molar-refractivity contribution in [3.8, 4) is 0 Å². The molecule has 120 valence electrons. The van der Waals surface area contributed by atoms with Crippen LogP contribution in [-0.4, -0.2) is 18.5 Å². The van der Waals surface area contributed by atoms with Crippen LogP contribution < -0.4 is 5.32 Å². The van der Waals surface area contributed by atoms with Crippen molar-refractivity contribution in [3.05, 3.63) is 62.8 Å². The summed E-state index contributed by atoms with van der Waals surface area (Å²) in [6.45, 7) is -0.633. The number of esters is 1. The Bertz CT molecular complexity index is 768. The summed E-state index contributed by atoms with van der Waals surface area (Å²) >= 11 is 17.6. The number of carbonyl (C=O) groups excluding carboxylic acids is 2. The highest BCUT2D eigenvalue weighted by Crippen LogP contribution is 2.31. The molecule has 0 aliphatic heterocycles. The van der Waals surface area contributed by atoms with Gasteiger partial charge in [-0.2, -0.15) is 0 Å². The summed E-state index contributed by atoms with van der Waals surface area (Å²) in [5.74, 6) is -2.22. The van der Waals surface area contributed by atoms with E-state index >= 15 is 0 Å². The largest absolute Gasteiger partial charge is 0.452 e. The molecule has 0 bridgehead atoms. The van der Waals surface area contributed by atoms with Crippen molar-refractivity contribution in [3.63, 3.8) is 0 Å². The first-order valence-electron chi connectivity index (χ1n) is 6.25. The van der Waals surface area contributed by atoms with Crippen LogP contribution in [0.1, 0.15) is 10.4 Å². The molecule has 0 fully saturated rings. The van der Waals surface area contributed by atoms with E-state index in [0.29, 0.717) is 0 Å². The summed E-state index contributed by atoms with van der Waals surface area (Å²) in [5, 5.41) is 2.37. The molecule has 2 aromatic rings. The van der Waals surface area contributed by atoms with Gasteiger partial charge in [0.15, 0.2) is 6.61 Å². The topological polar surface area (TPSA) is 55.4 Å². The first-order chi connectivity index (χ1) is 10.9. The molecule has 0 unspecified atom stereocenters. The average molecular weight is 377 g/mol. The van der Waals surface area contributed by atoms with E-state index in [9.17, 15) is 14.0 Å². The van der Waals surface area contributed by atoms with E-state index in [1.54, 1.807) is 6.07 Å². The molecule has 0 radical (unpaired) electrons. The lowest BCUT2D eigenvalue weighted by Crippen LogP contribution is -2.21. The van der Waals surface area contributed by atoms with Crippen molar-refractivity contribution in [1.82, 2.24) is 0 Å². The van der Waals surface area contributed by atoms with Gasteiger partial charge < -0.3 is 10.1 Å². The zero-order chi connectivity index (χ0) is 17.0.